The van der Waals surface area contributed by atoms with Crippen molar-refractivity contribution in [2.24, 2.45) is 0 Å². The molecule has 0 amide bonds. The monoisotopic (exact) mass is 202 g/mol. The molecule has 6 heteroatoms. The number of hydrogen-bond donors (Lipinski definition) is 0. The molecule has 0 saturated carbocycles. The van der Waals surface area contributed by atoms with Gasteiger partial charge in [0.2, 0.25) is 0 Å². The van der Waals surface area contributed by atoms with Gasteiger partial charge in [0.25, 0.3) is 0 Å². The van der Waals surface area contributed by atoms with Crippen LogP contribution < -0.4 is 18.9 Å². The van der Waals surface area contributed by atoms with Crippen LogP contribution in [-0.2, 0) is 0 Å². The van der Waals surface area contributed by atoms with Crippen LogP contribution >= 0.6 is 50.1 Å². The second-order valence-electron chi connectivity index (χ2n) is 0.495. The van der Waals surface area contributed by atoms with E-state index in [0.29, 0.717) is 0 Å². The van der Waals surface area contributed by atoms with E-state index in [0.717, 1.165) is 0 Å². The molecule has 0 rings (SSSR count). The van der Waals surface area contributed by atoms with Gasteiger partial charge in [0.05, 0.1) is 0 Å². The van der Waals surface area contributed by atoms with Crippen LogP contribution in [0.2, 0.25) is 0 Å². The van der Waals surface area contributed by atoms with Crippen molar-refractivity contribution in [1.29, 1.82) is 0 Å². The van der Waals surface area contributed by atoms with Gasteiger partial charge in [0.15, 0.2) is 0 Å². The Kier molecular flexibility index (Phi) is 7.17. The topological polar surface area (TPSA) is 0 Å². The Hall–Kier alpha value is 2.01. The molecule has 0 spiro atoms. The minimum Gasteiger partial charge on any atom is -0.337 e. The van der Waals surface area contributed by atoms with Crippen LogP contribution in [0.4, 0.5) is 0 Å². The molecule has 0 aliphatic heterocycles. The van der Waals surface area contributed by atoms with Crippen molar-refractivity contribution in [3.05, 3.63) is 0 Å². The predicted molar refractivity (Wildman–Crippen MR) is 32.2 cm³/mol. The Bertz CT molecular complexity index is 26.3. The number of halogens is 4. The number of rotatable bonds is 0. The molecule has 0 unspecified atom stereocenters. The maximum Gasteiger partial charge on any atom is 1.00 e. The molecule has 0 aliphatic rings. The number of hydrogen-bond acceptors (Lipinski definition) is 0. The standard InChI is InChI=1S/BBrCl3.Li/c2-1(3,4)5;/q-1;+1. The first-order chi connectivity index (χ1) is 2.00. The van der Waals surface area contributed by atoms with Crippen molar-refractivity contribution in [2.45, 2.75) is 0 Å². The summed E-state index contributed by atoms with van der Waals surface area (Å²) in [6.07, 6.45) is 0. The van der Waals surface area contributed by atoms with Crippen LogP contribution in [0.3, 0.4) is 0 Å². The Morgan fingerprint density at radius 3 is 1.17 bits per heavy atom. The summed E-state index contributed by atoms with van der Waals surface area (Å²) < 4.78 is -1.77. The molecule has 6 heavy (non-hydrogen) atoms. The summed E-state index contributed by atoms with van der Waals surface area (Å²) in [6.45, 7) is 0. The summed E-state index contributed by atoms with van der Waals surface area (Å²) in [7, 11) is 0. The van der Waals surface area contributed by atoms with Gasteiger partial charge in [0.1, 0.15) is 0 Å². The first-order valence-electron chi connectivity index (χ1n) is 0.873. The van der Waals surface area contributed by atoms with Gasteiger partial charge in [-0.15, -0.1) is 0 Å². The maximum atomic E-state index is 5.04. The average Bonchev–Trinajstić information content (AvgIpc) is 0.722. The third-order valence-electron chi connectivity index (χ3n) is 0. The largest absolute Gasteiger partial charge is 1.00 e. The minimum absolute atomic E-state index is 0. The van der Waals surface area contributed by atoms with E-state index in [1.807, 2.05) is 0 Å². The van der Waals surface area contributed by atoms with Gasteiger partial charge in [0, 0.05) is 0 Å². The Morgan fingerprint density at radius 1 is 1.17 bits per heavy atom. The zero-order chi connectivity index (χ0) is 4.50. The van der Waals surface area contributed by atoms with Gasteiger partial charge < -0.3 is 34.4 Å². The summed E-state index contributed by atoms with van der Waals surface area (Å²) in [4.78, 5) is 0. The molecule has 0 aromatic heterocycles. The minimum atomic E-state index is -1.77. The second kappa shape index (κ2) is 3.95. The molecular weight excluding hydrogens is 204 g/mol. The van der Waals surface area contributed by atoms with Crippen molar-refractivity contribution in [2.75, 3.05) is 0 Å². The quantitative estimate of drug-likeness (QED) is 0.468. The summed E-state index contributed by atoms with van der Waals surface area (Å²) in [5, 5.41) is 0. The molecule has 0 bridgehead atoms. The molecule has 0 aliphatic carbocycles. The predicted octanol–water partition coefficient (Wildman–Crippen LogP) is -0.463. The van der Waals surface area contributed by atoms with Crippen molar-refractivity contribution >= 4 is 53.4 Å². The van der Waals surface area contributed by atoms with Crippen molar-refractivity contribution in [1.82, 2.24) is 0 Å². The van der Waals surface area contributed by atoms with Gasteiger partial charge in [-0.05, 0) is 0 Å². The smallest absolute Gasteiger partial charge is 0.337 e. The zero-order valence-electron chi connectivity index (χ0n) is 3.09. The first-order valence-corrected chi connectivity index (χ1v) is 3.10. The maximum absolute atomic E-state index is 5.04. The van der Waals surface area contributed by atoms with E-state index in [9.17, 15) is 0 Å². The molecule has 0 aromatic carbocycles. The van der Waals surface area contributed by atoms with E-state index in [1.165, 1.54) is 0 Å². The van der Waals surface area contributed by atoms with Crippen LogP contribution in [-0.4, -0.2) is 3.22 Å². The molecule has 0 radical (unpaired) electrons. The van der Waals surface area contributed by atoms with Crippen LogP contribution in [0.25, 0.3) is 0 Å². The average molecular weight is 204 g/mol. The molecule has 32 valence electrons. The summed E-state index contributed by atoms with van der Waals surface area (Å²) >= 11 is 17.9. The summed E-state index contributed by atoms with van der Waals surface area (Å²) in [5.41, 5.74) is 0. The molecule has 0 aromatic rings. The summed E-state index contributed by atoms with van der Waals surface area (Å²) in [5.74, 6) is 0. The Labute approximate surface area is 71.7 Å². The van der Waals surface area contributed by atoms with E-state index in [-0.39, 0.29) is 18.9 Å². The van der Waals surface area contributed by atoms with E-state index in [2.05, 4.69) is 15.8 Å². The van der Waals surface area contributed by atoms with E-state index >= 15 is 0 Å². The second-order valence-corrected chi connectivity index (χ2v) is 6.08. The Balaban J connectivity index is 0. The van der Waals surface area contributed by atoms with Gasteiger partial charge in [-0.2, -0.15) is 0 Å². The fraction of sp³-hybridized carbons (Fsp3) is 0. The SMILES string of the molecule is Cl[B-](Cl)(Cl)Br.[Li+]. The Morgan fingerprint density at radius 2 is 1.17 bits per heavy atom. The van der Waals surface area contributed by atoms with E-state index in [1.54, 1.807) is 0 Å². The van der Waals surface area contributed by atoms with Crippen LogP contribution in [0, 0.1) is 0 Å². The van der Waals surface area contributed by atoms with Gasteiger partial charge in [-0.3, -0.25) is 15.8 Å². The third kappa shape index (κ3) is 37.3. The molecule has 0 N–H and O–H groups in total. The van der Waals surface area contributed by atoms with E-state index in [4.69, 9.17) is 34.4 Å². The van der Waals surface area contributed by atoms with Gasteiger partial charge in [-0.25, -0.2) is 0 Å². The van der Waals surface area contributed by atoms with Crippen molar-refractivity contribution < 1.29 is 18.9 Å². The van der Waals surface area contributed by atoms with Crippen LogP contribution in [0.5, 0.6) is 0 Å². The molecule has 0 saturated heterocycles. The van der Waals surface area contributed by atoms with Crippen molar-refractivity contribution in [3.63, 3.8) is 0 Å². The normalized spacial score (nSPS) is 10.0. The molecule has 0 heterocycles. The van der Waals surface area contributed by atoms with Gasteiger partial charge >= 0.3 is 22.1 Å². The molecule has 0 nitrogen and oxygen atoms in total. The fourth-order valence-corrected chi connectivity index (χ4v) is 0. The third-order valence-corrected chi connectivity index (χ3v) is 0. The zero-order valence-corrected chi connectivity index (χ0v) is 6.94. The molecule has 0 fully saturated rings. The summed E-state index contributed by atoms with van der Waals surface area (Å²) in [6, 6.07) is 0. The molecular formula is BBrCl3Li. The van der Waals surface area contributed by atoms with Crippen LogP contribution in [0.15, 0.2) is 0 Å². The fourth-order valence-electron chi connectivity index (χ4n) is 0. The first kappa shape index (κ1) is 10.9. The van der Waals surface area contributed by atoms with Crippen LogP contribution in [0.1, 0.15) is 0 Å². The van der Waals surface area contributed by atoms with E-state index < -0.39 is 3.22 Å². The van der Waals surface area contributed by atoms with Crippen molar-refractivity contribution in [3.8, 4) is 0 Å². The molecule has 0 atom stereocenters. The van der Waals surface area contributed by atoms with Gasteiger partial charge in [-0.1, -0.05) is 0 Å².